The van der Waals surface area contributed by atoms with Gasteiger partial charge in [0.25, 0.3) is 0 Å². The standard InChI is InChI=1S/C25H30ClN5O5/c1-15(2)11-20(22(27)32)29-24(33)36-18-12-19(26)23(28-13-18)30-9-7-17(8-10-30)31-21-6-4-3-5-16(21)14-35-25(31)34/h3-6,12-13,15,17,20H,7-11,14H2,1-2H3,(H2,27,32)(H,29,33)/t20-/m1/s1. The third kappa shape index (κ3) is 5.81. The number of amides is 3. The smallest absolute Gasteiger partial charge is 0.414 e. The summed E-state index contributed by atoms with van der Waals surface area (Å²) in [4.78, 5) is 44.5. The van der Waals surface area contributed by atoms with Crippen molar-refractivity contribution in [3.63, 3.8) is 0 Å². The lowest BCUT2D eigenvalue weighted by Gasteiger charge is -2.40. The van der Waals surface area contributed by atoms with Gasteiger partial charge in [-0.3, -0.25) is 9.69 Å². The van der Waals surface area contributed by atoms with Crippen molar-refractivity contribution < 1.29 is 23.9 Å². The molecule has 192 valence electrons. The third-order valence-electron chi connectivity index (χ3n) is 6.28. The molecule has 3 heterocycles. The number of carbonyl (C=O) groups is 3. The molecule has 1 atom stereocenters. The number of hydrogen-bond acceptors (Lipinski definition) is 7. The normalized spacial score (nSPS) is 16.8. The fourth-order valence-corrected chi connectivity index (χ4v) is 4.83. The largest absolute Gasteiger partial charge is 0.444 e. The Morgan fingerprint density at radius 2 is 2.00 bits per heavy atom. The van der Waals surface area contributed by atoms with Gasteiger partial charge in [0.05, 0.1) is 16.9 Å². The number of halogens is 1. The fraction of sp³-hybridized carbons (Fsp3) is 0.440. The van der Waals surface area contributed by atoms with Crippen molar-refractivity contribution >= 4 is 41.2 Å². The van der Waals surface area contributed by atoms with Gasteiger partial charge in [0.1, 0.15) is 18.5 Å². The molecule has 0 saturated carbocycles. The van der Waals surface area contributed by atoms with E-state index in [-0.39, 0.29) is 30.4 Å². The van der Waals surface area contributed by atoms with Crippen LogP contribution in [0.15, 0.2) is 36.5 Å². The first kappa shape index (κ1) is 25.6. The van der Waals surface area contributed by atoms with E-state index in [0.717, 1.165) is 11.3 Å². The SMILES string of the molecule is CC(C)C[C@@H](NC(=O)Oc1cnc(N2CCC(N3C(=O)OCc4ccccc43)CC2)c(Cl)c1)C(N)=O. The molecule has 2 aliphatic rings. The van der Waals surface area contributed by atoms with Gasteiger partial charge < -0.3 is 25.4 Å². The third-order valence-corrected chi connectivity index (χ3v) is 6.56. The predicted molar refractivity (Wildman–Crippen MR) is 135 cm³/mol. The van der Waals surface area contributed by atoms with Crippen molar-refractivity contribution in [1.82, 2.24) is 10.3 Å². The molecule has 2 aliphatic heterocycles. The van der Waals surface area contributed by atoms with Crippen molar-refractivity contribution in [2.45, 2.75) is 51.8 Å². The van der Waals surface area contributed by atoms with Gasteiger partial charge in [0, 0.05) is 30.8 Å². The van der Waals surface area contributed by atoms with Gasteiger partial charge >= 0.3 is 12.2 Å². The van der Waals surface area contributed by atoms with E-state index in [1.54, 1.807) is 4.90 Å². The Morgan fingerprint density at radius 1 is 1.28 bits per heavy atom. The zero-order valence-corrected chi connectivity index (χ0v) is 21.0. The zero-order chi connectivity index (χ0) is 25.8. The first-order chi connectivity index (χ1) is 17.2. The number of cyclic esters (lactones) is 1. The summed E-state index contributed by atoms with van der Waals surface area (Å²) < 4.78 is 10.6. The van der Waals surface area contributed by atoms with Crippen molar-refractivity contribution in [2.75, 3.05) is 22.9 Å². The van der Waals surface area contributed by atoms with Crippen LogP contribution in [-0.2, 0) is 16.1 Å². The van der Waals surface area contributed by atoms with Crippen LogP contribution in [0.3, 0.4) is 0 Å². The van der Waals surface area contributed by atoms with Gasteiger partial charge in [-0.05, 0) is 31.2 Å². The summed E-state index contributed by atoms with van der Waals surface area (Å²) >= 11 is 6.47. The molecule has 0 aliphatic carbocycles. The Kier molecular flexibility index (Phi) is 7.83. The highest BCUT2D eigenvalue weighted by Gasteiger charge is 2.34. The molecular formula is C25H30ClN5O5. The number of pyridine rings is 1. The minimum absolute atomic E-state index is 0.00400. The van der Waals surface area contributed by atoms with E-state index < -0.39 is 18.0 Å². The van der Waals surface area contributed by atoms with Gasteiger partial charge in [0.2, 0.25) is 5.91 Å². The lowest BCUT2D eigenvalue weighted by atomic mass is 10.0. The second kappa shape index (κ2) is 11.0. The van der Waals surface area contributed by atoms with E-state index in [4.69, 9.17) is 26.8 Å². The molecule has 11 heteroatoms. The van der Waals surface area contributed by atoms with E-state index in [9.17, 15) is 14.4 Å². The highest BCUT2D eigenvalue weighted by Crippen LogP contribution is 2.34. The lowest BCUT2D eigenvalue weighted by Crippen LogP contribution is -2.49. The number of fused-ring (bicyclic) bond motifs is 1. The zero-order valence-electron chi connectivity index (χ0n) is 20.3. The number of hydrogen-bond donors (Lipinski definition) is 2. The summed E-state index contributed by atoms with van der Waals surface area (Å²) in [5.74, 6) is 0.255. The number of ether oxygens (including phenoxy) is 2. The number of nitrogens with zero attached hydrogens (tertiary/aromatic N) is 3. The highest BCUT2D eigenvalue weighted by atomic mass is 35.5. The average molecular weight is 516 g/mol. The summed E-state index contributed by atoms with van der Waals surface area (Å²) in [6, 6.07) is 8.46. The second-order valence-electron chi connectivity index (χ2n) is 9.37. The summed E-state index contributed by atoms with van der Waals surface area (Å²) in [6.45, 7) is 5.41. The van der Waals surface area contributed by atoms with Crippen LogP contribution in [-0.4, -0.2) is 48.3 Å². The van der Waals surface area contributed by atoms with Crippen molar-refractivity contribution in [1.29, 1.82) is 0 Å². The Labute approximate surface area is 214 Å². The van der Waals surface area contributed by atoms with Crippen LogP contribution < -0.4 is 25.6 Å². The molecule has 0 unspecified atom stereocenters. The molecule has 1 saturated heterocycles. The summed E-state index contributed by atoms with van der Waals surface area (Å²) in [6.07, 6.45) is 2.11. The van der Waals surface area contributed by atoms with E-state index in [2.05, 4.69) is 10.3 Å². The van der Waals surface area contributed by atoms with Gasteiger partial charge in [-0.25, -0.2) is 14.6 Å². The molecular weight excluding hydrogens is 486 g/mol. The Morgan fingerprint density at radius 3 is 2.67 bits per heavy atom. The fourth-order valence-electron chi connectivity index (χ4n) is 4.55. The molecule has 10 nitrogen and oxygen atoms in total. The Hall–Kier alpha value is -3.53. The molecule has 36 heavy (non-hydrogen) atoms. The van der Waals surface area contributed by atoms with Crippen LogP contribution in [0.25, 0.3) is 0 Å². The monoisotopic (exact) mass is 515 g/mol. The number of nitrogens with one attached hydrogen (secondary N) is 1. The average Bonchev–Trinajstić information content (AvgIpc) is 2.83. The van der Waals surface area contributed by atoms with Gasteiger partial charge in [-0.2, -0.15) is 0 Å². The van der Waals surface area contributed by atoms with Gasteiger partial charge in [-0.15, -0.1) is 0 Å². The number of rotatable bonds is 7. The van der Waals surface area contributed by atoms with Crippen LogP contribution in [0.2, 0.25) is 5.02 Å². The predicted octanol–water partition coefficient (Wildman–Crippen LogP) is 3.85. The number of nitrogens with two attached hydrogens (primary N) is 1. The maximum Gasteiger partial charge on any atom is 0.414 e. The minimum atomic E-state index is -0.828. The molecule has 3 amide bonds. The number of aromatic nitrogens is 1. The van der Waals surface area contributed by atoms with E-state index in [1.165, 1.54) is 12.3 Å². The first-order valence-corrected chi connectivity index (χ1v) is 12.3. The highest BCUT2D eigenvalue weighted by molar-refractivity contribution is 6.33. The Bertz CT molecular complexity index is 1140. The molecule has 1 aromatic carbocycles. The summed E-state index contributed by atoms with van der Waals surface area (Å²) in [5, 5.41) is 2.81. The quantitative estimate of drug-likeness (QED) is 0.573. The van der Waals surface area contributed by atoms with Gasteiger partial charge in [0.15, 0.2) is 5.75 Å². The van der Waals surface area contributed by atoms with Gasteiger partial charge in [-0.1, -0.05) is 43.6 Å². The number of primary amides is 1. The lowest BCUT2D eigenvalue weighted by molar-refractivity contribution is -0.120. The van der Waals surface area contributed by atoms with Crippen LogP contribution in [0.5, 0.6) is 5.75 Å². The number of benzene rings is 1. The van der Waals surface area contributed by atoms with Crippen molar-refractivity contribution in [2.24, 2.45) is 11.7 Å². The summed E-state index contributed by atoms with van der Waals surface area (Å²) in [7, 11) is 0. The number of para-hydroxylation sites is 1. The minimum Gasteiger partial charge on any atom is -0.444 e. The molecule has 4 rings (SSSR count). The molecule has 0 bridgehead atoms. The van der Waals surface area contributed by atoms with Crippen LogP contribution in [0, 0.1) is 5.92 Å². The number of piperidine rings is 1. The molecule has 0 spiro atoms. The van der Waals surface area contributed by atoms with E-state index >= 15 is 0 Å². The first-order valence-electron chi connectivity index (χ1n) is 11.9. The van der Waals surface area contributed by atoms with Crippen LogP contribution in [0.1, 0.15) is 38.7 Å². The number of carbonyl (C=O) groups excluding carboxylic acids is 3. The van der Waals surface area contributed by atoms with Crippen LogP contribution >= 0.6 is 11.6 Å². The number of anilines is 2. The molecule has 1 aromatic heterocycles. The molecule has 2 aromatic rings. The van der Waals surface area contributed by atoms with E-state index in [0.29, 0.717) is 43.2 Å². The van der Waals surface area contributed by atoms with Crippen molar-refractivity contribution in [3.05, 3.63) is 47.1 Å². The second-order valence-corrected chi connectivity index (χ2v) is 9.77. The topological polar surface area (TPSA) is 127 Å². The van der Waals surface area contributed by atoms with Crippen molar-refractivity contribution in [3.8, 4) is 5.75 Å². The summed E-state index contributed by atoms with van der Waals surface area (Å²) in [5.41, 5.74) is 7.26. The maximum atomic E-state index is 12.5. The molecule has 1 fully saturated rings. The molecule has 0 radical (unpaired) electrons. The maximum absolute atomic E-state index is 12.5. The molecule has 3 N–H and O–H groups in total. The van der Waals surface area contributed by atoms with Crippen LogP contribution in [0.4, 0.5) is 21.1 Å². The Balaban J connectivity index is 1.36. The van der Waals surface area contributed by atoms with E-state index in [1.807, 2.05) is 43.0 Å².